The number of carbonyl (C=O) groups is 2. The quantitative estimate of drug-likeness (QED) is 0.696. The molecule has 144 valence electrons. The van der Waals surface area contributed by atoms with Gasteiger partial charge in [-0.2, -0.15) is 13.2 Å². The van der Waals surface area contributed by atoms with Gasteiger partial charge in [0.25, 0.3) is 5.91 Å². The van der Waals surface area contributed by atoms with Gasteiger partial charge in [-0.1, -0.05) is 23.7 Å². The lowest BCUT2D eigenvalue weighted by atomic mass is 10.1. The van der Waals surface area contributed by atoms with Crippen LogP contribution >= 0.6 is 11.6 Å². The highest BCUT2D eigenvalue weighted by molar-refractivity contribution is 6.30. The molecule has 0 unspecified atom stereocenters. The van der Waals surface area contributed by atoms with Crippen molar-refractivity contribution >= 4 is 23.4 Å². The van der Waals surface area contributed by atoms with Crippen LogP contribution in [-0.4, -0.2) is 24.9 Å². The highest BCUT2D eigenvalue weighted by atomic mass is 35.5. The predicted molar refractivity (Wildman–Crippen MR) is 96.6 cm³/mol. The average Bonchev–Trinajstić information content (AvgIpc) is 2.64. The molecule has 0 aliphatic carbocycles. The first-order chi connectivity index (χ1) is 12.8. The largest absolute Gasteiger partial charge is 0.416 e. The summed E-state index contributed by atoms with van der Waals surface area (Å²) < 4.78 is 37.5. The molecule has 0 aliphatic heterocycles. The molecule has 4 nitrogen and oxygen atoms in total. The Balaban J connectivity index is 1.67. The maximum absolute atomic E-state index is 12.5. The van der Waals surface area contributed by atoms with E-state index in [1.54, 1.807) is 12.1 Å². The van der Waals surface area contributed by atoms with Crippen molar-refractivity contribution in [2.45, 2.75) is 19.0 Å². The molecule has 0 saturated carbocycles. The van der Waals surface area contributed by atoms with Crippen LogP contribution in [0.4, 0.5) is 13.2 Å². The second-order valence-corrected chi connectivity index (χ2v) is 6.24. The minimum absolute atomic E-state index is 0.122. The number of hydrogen-bond acceptors (Lipinski definition) is 2. The third-order valence-electron chi connectivity index (χ3n) is 3.76. The number of alkyl halides is 3. The number of hydrogen-bond donors (Lipinski definition) is 2. The van der Waals surface area contributed by atoms with Crippen LogP contribution in [0.1, 0.15) is 27.9 Å². The van der Waals surface area contributed by atoms with Gasteiger partial charge in [-0.05, 0) is 48.4 Å². The second kappa shape index (κ2) is 9.41. The Bertz CT molecular complexity index is 775. The van der Waals surface area contributed by atoms with Gasteiger partial charge in [-0.25, -0.2) is 0 Å². The zero-order valence-electron chi connectivity index (χ0n) is 14.3. The van der Waals surface area contributed by atoms with Crippen molar-refractivity contribution in [3.63, 3.8) is 0 Å². The van der Waals surface area contributed by atoms with Crippen molar-refractivity contribution in [2.75, 3.05) is 13.1 Å². The van der Waals surface area contributed by atoms with Crippen LogP contribution in [-0.2, 0) is 17.4 Å². The molecule has 0 fully saturated rings. The first kappa shape index (κ1) is 20.8. The average molecular weight is 399 g/mol. The molecule has 8 heteroatoms. The van der Waals surface area contributed by atoms with Crippen LogP contribution in [0.3, 0.4) is 0 Å². The molecule has 2 aromatic carbocycles. The van der Waals surface area contributed by atoms with E-state index in [1.165, 1.54) is 0 Å². The lowest BCUT2D eigenvalue weighted by Gasteiger charge is -2.09. The summed E-state index contributed by atoms with van der Waals surface area (Å²) in [5.74, 6) is -0.659. The van der Waals surface area contributed by atoms with Gasteiger partial charge in [-0.3, -0.25) is 9.59 Å². The zero-order chi connectivity index (χ0) is 19.9. The summed E-state index contributed by atoms with van der Waals surface area (Å²) in [7, 11) is 0. The summed E-state index contributed by atoms with van der Waals surface area (Å²) in [6.45, 7) is 0.401. The SMILES string of the molecule is O=C(CCc1ccc(Cl)cc1)NCCNC(=O)c1ccc(C(F)(F)F)cc1. The molecule has 2 N–H and O–H groups in total. The standard InChI is InChI=1S/C19H18ClF3N2O2/c20-16-8-1-13(2-9-16)3-10-17(26)24-11-12-25-18(27)14-4-6-15(7-5-14)19(21,22)23/h1-2,4-9H,3,10-12H2,(H,24,26)(H,25,27). The summed E-state index contributed by atoms with van der Waals surface area (Å²) in [5.41, 5.74) is 0.300. The molecule has 0 spiro atoms. The Kier molecular flexibility index (Phi) is 7.24. The molecule has 27 heavy (non-hydrogen) atoms. The smallest absolute Gasteiger partial charge is 0.354 e. The number of halogens is 4. The van der Waals surface area contributed by atoms with Crippen molar-refractivity contribution in [3.8, 4) is 0 Å². The fourth-order valence-electron chi connectivity index (χ4n) is 2.29. The summed E-state index contributed by atoms with van der Waals surface area (Å²) in [4.78, 5) is 23.6. The monoisotopic (exact) mass is 398 g/mol. The van der Waals surface area contributed by atoms with Crippen molar-refractivity contribution in [1.29, 1.82) is 0 Å². The molecule has 0 radical (unpaired) electrons. The van der Waals surface area contributed by atoms with E-state index >= 15 is 0 Å². The van der Waals surface area contributed by atoms with Gasteiger partial charge < -0.3 is 10.6 Å². The van der Waals surface area contributed by atoms with Crippen LogP contribution in [0.5, 0.6) is 0 Å². The predicted octanol–water partition coefficient (Wildman–Crippen LogP) is 3.84. The van der Waals surface area contributed by atoms with Gasteiger partial charge in [0.1, 0.15) is 0 Å². The number of rotatable bonds is 7. The maximum atomic E-state index is 12.5. The van der Waals surface area contributed by atoms with Crippen molar-refractivity contribution < 1.29 is 22.8 Å². The summed E-state index contributed by atoms with van der Waals surface area (Å²) in [6.07, 6.45) is -3.57. The highest BCUT2D eigenvalue weighted by Crippen LogP contribution is 2.29. The van der Waals surface area contributed by atoms with Gasteiger partial charge in [-0.15, -0.1) is 0 Å². The van der Waals surface area contributed by atoms with E-state index in [4.69, 9.17) is 11.6 Å². The molecule has 2 amide bonds. The van der Waals surface area contributed by atoms with E-state index in [9.17, 15) is 22.8 Å². The maximum Gasteiger partial charge on any atom is 0.416 e. The highest BCUT2D eigenvalue weighted by Gasteiger charge is 2.30. The molecule has 0 aliphatic rings. The number of aryl methyl sites for hydroxylation is 1. The topological polar surface area (TPSA) is 58.2 Å². The Morgan fingerprint density at radius 1 is 0.889 bits per heavy atom. The number of benzene rings is 2. The van der Waals surface area contributed by atoms with E-state index in [1.807, 2.05) is 12.1 Å². The van der Waals surface area contributed by atoms with Gasteiger partial charge in [0.2, 0.25) is 5.91 Å². The van der Waals surface area contributed by atoms with E-state index < -0.39 is 17.6 Å². The van der Waals surface area contributed by atoms with Crippen LogP contribution in [0.2, 0.25) is 5.02 Å². The van der Waals surface area contributed by atoms with Crippen molar-refractivity contribution in [3.05, 3.63) is 70.2 Å². The molecule has 0 atom stereocenters. The first-order valence-electron chi connectivity index (χ1n) is 8.22. The van der Waals surface area contributed by atoms with Crippen molar-refractivity contribution in [2.24, 2.45) is 0 Å². The van der Waals surface area contributed by atoms with Gasteiger partial charge in [0.15, 0.2) is 0 Å². The number of amides is 2. The van der Waals surface area contributed by atoms with Crippen LogP contribution in [0, 0.1) is 0 Å². The third-order valence-corrected chi connectivity index (χ3v) is 4.01. The van der Waals surface area contributed by atoms with E-state index in [2.05, 4.69) is 10.6 Å². The van der Waals surface area contributed by atoms with Crippen LogP contribution < -0.4 is 10.6 Å². The summed E-state index contributed by atoms with van der Waals surface area (Å²) in [6, 6.07) is 11.1. The molecule has 0 bridgehead atoms. The summed E-state index contributed by atoms with van der Waals surface area (Å²) >= 11 is 5.79. The normalized spacial score (nSPS) is 11.1. The van der Waals surface area contributed by atoms with Gasteiger partial charge in [0.05, 0.1) is 5.56 Å². The Morgan fingerprint density at radius 2 is 1.48 bits per heavy atom. The number of nitrogens with one attached hydrogen (secondary N) is 2. The Morgan fingerprint density at radius 3 is 2.07 bits per heavy atom. The van der Waals surface area contributed by atoms with Crippen molar-refractivity contribution in [1.82, 2.24) is 10.6 Å². The molecule has 0 saturated heterocycles. The Hall–Kier alpha value is -2.54. The fraction of sp³-hybridized carbons (Fsp3) is 0.263. The van der Waals surface area contributed by atoms with E-state index in [0.29, 0.717) is 17.9 Å². The molecular weight excluding hydrogens is 381 g/mol. The number of carbonyl (C=O) groups excluding carboxylic acids is 2. The van der Waals surface area contributed by atoms with Gasteiger partial charge in [0, 0.05) is 30.1 Å². The van der Waals surface area contributed by atoms with Crippen LogP contribution in [0.25, 0.3) is 0 Å². The molecule has 2 rings (SSSR count). The van der Waals surface area contributed by atoms with E-state index in [-0.39, 0.29) is 24.6 Å². The Labute approximate surface area is 159 Å². The molecule has 0 heterocycles. The minimum atomic E-state index is -4.44. The zero-order valence-corrected chi connectivity index (χ0v) is 15.0. The lowest BCUT2D eigenvalue weighted by molar-refractivity contribution is -0.137. The molecular formula is C19H18ClF3N2O2. The molecule has 2 aromatic rings. The minimum Gasteiger partial charge on any atom is -0.354 e. The van der Waals surface area contributed by atoms with E-state index in [0.717, 1.165) is 29.8 Å². The van der Waals surface area contributed by atoms with Crippen LogP contribution in [0.15, 0.2) is 48.5 Å². The second-order valence-electron chi connectivity index (χ2n) is 5.81. The summed E-state index contributed by atoms with van der Waals surface area (Å²) in [5, 5.41) is 5.85. The lowest BCUT2D eigenvalue weighted by Crippen LogP contribution is -2.34. The first-order valence-corrected chi connectivity index (χ1v) is 8.60. The third kappa shape index (κ3) is 6.94. The fourth-order valence-corrected chi connectivity index (χ4v) is 2.41. The van der Waals surface area contributed by atoms with Gasteiger partial charge >= 0.3 is 6.18 Å². The molecule has 0 aromatic heterocycles.